The lowest BCUT2D eigenvalue weighted by Gasteiger charge is -2.32. The molecule has 1 aromatic heterocycles. The summed E-state index contributed by atoms with van der Waals surface area (Å²) >= 11 is 0. The number of nitrogens with zero attached hydrogens (tertiary/aromatic N) is 2. The summed E-state index contributed by atoms with van der Waals surface area (Å²) in [7, 11) is 1.63. The predicted molar refractivity (Wildman–Crippen MR) is 127 cm³/mol. The van der Waals surface area contributed by atoms with Crippen LogP contribution in [-0.4, -0.2) is 28.6 Å². The number of carbonyl (C=O) groups excluding carboxylic acids is 1. The summed E-state index contributed by atoms with van der Waals surface area (Å²) < 4.78 is 7.42. The van der Waals surface area contributed by atoms with Crippen molar-refractivity contribution in [3.8, 4) is 5.75 Å². The molecule has 0 aliphatic heterocycles. The van der Waals surface area contributed by atoms with Crippen LogP contribution in [0, 0.1) is 12.8 Å². The van der Waals surface area contributed by atoms with Crippen LogP contribution in [0.4, 0.5) is 10.5 Å². The van der Waals surface area contributed by atoms with Crippen molar-refractivity contribution in [2.45, 2.75) is 46.8 Å². The fourth-order valence-corrected chi connectivity index (χ4v) is 3.56. The molecule has 2 aromatic carbocycles. The number of carbonyl (C=O) groups is 1. The van der Waals surface area contributed by atoms with Gasteiger partial charge in [0.1, 0.15) is 5.75 Å². The summed E-state index contributed by atoms with van der Waals surface area (Å²) in [6.45, 7) is 9.82. The van der Waals surface area contributed by atoms with E-state index in [4.69, 9.17) is 4.74 Å². The van der Waals surface area contributed by atoms with Crippen molar-refractivity contribution in [1.29, 1.82) is 0 Å². The highest BCUT2D eigenvalue weighted by Gasteiger charge is 2.24. The summed E-state index contributed by atoms with van der Waals surface area (Å²) in [5.74, 6) is 1.10. The minimum atomic E-state index is -0.102. The van der Waals surface area contributed by atoms with Crippen LogP contribution in [0.5, 0.6) is 5.75 Å². The average Bonchev–Trinajstić information content (AvgIpc) is 3.18. The summed E-state index contributed by atoms with van der Waals surface area (Å²) in [6, 6.07) is 20.1. The predicted octanol–water partition coefficient (Wildman–Crippen LogP) is 5.93. The minimum Gasteiger partial charge on any atom is -0.497 e. The van der Waals surface area contributed by atoms with E-state index in [-0.39, 0.29) is 12.1 Å². The maximum absolute atomic E-state index is 13.2. The second-order valence-corrected chi connectivity index (χ2v) is 8.39. The van der Waals surface area contributed by atoms with Crippen molar-refractivity contribution in [2.24, 2.45) is 5.92 Å². The molecular formula is C26H33N3O2. The maximum atomic E-state index is 13.2. The number of rotatable bonds is 8. The van der Waals surface area contributed by atoms with E-state index in [2.05, 4.69) is 74.1 Å². The van der Waals surface area contributed by atoms with E-state index >= 15 is 0 Å². The van der Waals surface area contributed by atoms with Crippen molar-refractivity contribution in [3.63, 3.8) is 0 Å². The van der Waals surface area contributed by atoms with Gasteiger partial charge in [-0.1, -0.05) is 43.7 Å². The summed E-state index contributed by atoms with van der Waals surface area (Å²) in [5, 5.41) is 3.04. The zero-order valence-electron chi connectivity index (χ0n) is 19.1. The molecule has 2 amide bonds. The third-order valence-corrected chi connectivity index (χ3v) is 5.75. The van der Waals surface area contributed by atoms with Gasteiger partial charge in [0.2, 0.25) is 0 Å². The van der Waals surface area contributed by atoms with Crippen LogP contribution >= 0.6 is 0 Å². The van der Waals surface area contributed by atoms with Crippen LogP contribution < -0.4 is 10.1 Å². The summed E-state index contributed by atoms with van der Waals surface area (Å²) in [4.78, 5) is 15.1. The SMILES string of the molecule is COc1ccc(NC(=O)N(Cc2cccn2Cc2cccc(C)c2)[C@@H](C)C(C)C)cc1. The van der Waals surface area contributed by atoms with Gasteiger partial charge in [-0.05, 0) is 61.7 Å². The van der Waals surface area contributed by atoms with Crippen LogP contribution in [0.3, 0.4) is 0 Å². The third-order valence-electron chi connectivity index (χ3n) is 5.75. The monoisotopic (exact) mass is 419 g/mol. The van der Waals surface area contributed by atoms with E-state index in [9.17, 15) is 4.79 Å². The Morgan fingerprint density at radius 2 is 1.81 bits per heavy atom. The molecule has 1 N–H and O–H groups in total. The van der Waals surface area contributed by atoms with Gasteiger partial charge in [-0.25, -0.2) is 4.79 Å². The Morgan fingerprint density at radius 3 is 2.45 bits per heavy atom. The first-order chi connectivity index (χ1) is 14.9. The highest BCUT2D eigenvalue weighted by Crippen LogP contribution is 2.20. The Labute approximate surface area is 185 Å². The molecule has 0 fully saturated rings. The number of nitrogens with one attached hydrogen (secondary N) is 1. The topological polar surface area (TPSA) is 46.5 Å². The quantitative estimate of drug-likeness (QED) is 0.492. The van der Waals surface area contributed by atoms with Gasteiger partial charge in [-0.2, -0.15) is 0 Å². The number of hydrogen-bond acceptors (Lipinski definition) is 2. The molecule has 0 aliphatic carbocycles. The smallest absolute Gasteiger partial charge is 0.322 e. The number of ether oxygens (including phenoxy) is 1. The average molecular weight is 420 g/mol. The van der Waals surface area contributed by atoms with Gasteiger partial charge >= 0.3 is 6.03 Å². The molecule has 0 radical (unpaired) electrons. The van der Waals surface area contributed by atoms with Crippen LogP contribution in [0.15, 0.2) is 66.9 Å². The number of aromatic nitrogens is 1. The van der Waals surface area contributed by atoms with Crippen molar-refractivity contribution < 1.29 is 9.53 Å². The van der Waals surface area contributed by atoms with Crippen LogP contribution in [0.2, 0.25) is 0 Å². The van der Waals surface area contributed by atoms with Gasteiger partial charge < -0.3 is 19.5 Å². The van der Waals surface area contributed by atoms with E-state index in [1.54, 1.807) is 7.11 Å². The van der Waals surface area contributed by atoms with E-state index in [1.165, 1.54) is 11.1 Å². The van der Waals surface area contributed by atoms with Gasteiger partial charge in [0.15, 0.2) is 0 Å². The molecule has 0 saturated carbocycles. The zero-order valence-corrected chi connectivity index (χ0v) is 19.1. The second-order valence-electron chi connectivity index (χ2n) is 8.39. The van der Waals surface area contributed by atoms with Gasteiger partial charge in [-0.3, -0.25) is 0 Å². The molecule has 1 heterocycles. The van der Waals surface area contributed by atoms with E-state index in [0.29, 0.717) is 12.5 Å². The number of urea groups is 1. The van der Waals surface area contributed by atoms with Crippen LogP contribution in [-0.2, 0) is 13.1 Å². The number of methoxy groups -OCH3 is 1. The van der Waals surface area contributed by atoms with Crippen molar-refractivity contribution in [1.82, 2.24) is 9.47 Å². The first-order valence-electron chi connectivity index (χ1n) is 10.8. The number of benzene rings is 2. The van der Waals surface area contributed by atoms with Crippen molar-refractivity contribution in [2.75, 3.05) is 12.4 Å². The van der Waals surface area contributed by atoms with Crippen molar-refractivity contribution >= 4 is 11.7 Å². The number of hydrogen-bond donors (Lipinski definition) is 1. The molecule has 5 heteroatoms. The molecule has 0 aliphatic rings. The van der Waals surface area contributed by atoms with E-state index in [0.717, 1.165) is 23.7 Å². The lowest BCUT2D eigenvalue weighted by atomic mass is 10.0. The van der Waals surface area contributed by atoms with Gasteiger partial charge in [0, 0.05) is 30.2 Å². The Balaban J connectivity index is 1.78. The molecule has 0 bridgehead atoms. The summed E-state index contributed by atoms with van der Waals surface area (Å²) in [6.07, 6.45) is 2.08. The lowest BCUT2D eigenvalue weighted by Crippen LogP contribution is -2.43. The number of aryl methyl sites for hydroxylation is 1. The molecule has 3 aromatic rings. The van der Waals surface area contributed by atoms with Crippen LogP contribution in [0.1, 0.15) is 37.6 Å². The Bertz CT molecular complexity index is 992. The van der Waals surface area contributed by atoms with Crippen molar-refractivity contribution in [3.05, 3.63) is 83.7 Å². The highest BCUT2D eigenvalue weighted by atomic mass is 16.5. The fourth-order valence-electron chi connectivity index (χ4n) is 3.56. The molecule has 1 atom stereocenters. The Morgan fingerprint density at radius 1 is 1.06 bits per heavy atom. The molecule has 0 spiro atoms. The molecule has 5 nitrogen and oxygen atoms in total. The van der Waals surface area contributed by atoms with E-state index < -0.39 is 0 Å². The zero-order chi connectivity index (χ0) is 22.4. The fraction of sp³-hybridized carbons (Fsp3) is 0.346. The molecule has 31 heavy (non-hydrogen) atoms. The maximum Gasteiger partial charge on any atom is 0.322 e. The van der Waals surface area contributed by atoms with E-state index in [1.807, 2.05) is 35.2 Å². The minimum absolute atomic E-state index is 0.0839. The first kappa shape index (κ1) is 22.5. The first-order valence-corrected chi connectivity index (χ1v) is 10.8. The highest BCUT2D eigenvalue weighted by molar-refractivity contribution is 5.89. The molecular weight excluding hydrogens is 386 g/mol. The Hall–Kier alpha value is -3.21. The largest absolute Gasteiger partial charge is 0.497 e. The number of anilines is 1. The molecule has 164 valence electrons. The van der Waals surface area contributed by atoms with Gasteiger partial charge in [0.25, 0.3) is 0 Å². The molecule has 0 unspecified atom stereocenters. The molecule has 3 rings (SSSR count). The standard InChI is InChI=1S/C26H33N3O2/c1-19(2)21(4)29(26(30)27-23-11-13-25(31-5)14-12-23)18-24-10-7-15-28(24)17-22-9-6-8-20(3)16-22/h6-16,19,21H,17-18H2,1-5H3,(H,27,30)/t21-/m0/s1. The van der Waals surface area contributed by atoms with Gasteiger partial charge in [0.05, 0.1) is 13.7 Å². The van der Waals surface area contributed by atoms with Gasteiger partial charge in [-0.15, -0.1) is 0 Å². The lowest BCUT2D eigenvalue weighted by molar-refractivity contribution is 0.168. The Kier molecular flexibility index (Phi) is 7.40. The number of amides is 2. The van der Waals surface area contributed by atoms with Crippen LogP contribution in [0.25, 0.3) is 0 Å². The second kappa shape index (κ2) is 10.2. The third kappa shape index (κ3) is 5.91. The normalized spacial score (nSPS) is 11.9. The summed E-state index contributed by atoms with van der Waals surface area (Å²) in [5.41, 5.74) is 4.37. The molecule has 0 saturated heterocycles.